The zero-order chi connectivity index (χ0) is 14.4. The molecule has 3 nitrogen and oxygen atoms in total. The lowest BCUT2D eigenvalue weighted by molar-refractivity contribution is -0.0160. The highest BCUT2D eigenvalue weighted by atomic mass is 16.5. The first-order valence-corrected chi connectivity index (χ1v) is 8.06. The minimum absolute atomic E-state index is 0.398. The molecule has 0 spiro atoms. The van der Waals surface area contributed by atoms with Gasteiger partial charge in [-0.05, 0) is 50.1 Å². The van der Waals surface area contributed by atoms with Gasteiger partial charge in [0.25, 0.3) is 0 Å². The maximum atomic E-state index is 6.09. The minimum atomic E-state index is 0.398. The van der Waals surface area contributed by atoms with Crippen LogP contribution in [0, 0.1) is 11.8 Å². The van der Waals surface area contributed by atoms with Crippen molar-refractivity contribution in [2.24, 2.45) is 11.8 Å². The first-order valence-electron chi connectivity index (χ1n) is 8.06. The van der Waals surface area contributed by atoms with Crippen LogP contribution in [0.2, 0.25) is 0 Å². The van der Waals surface area contributed by atoms with Gasteiger partial charge in [-0.25, -0.2) is 0 Å². The Labute approximate surface area is 123 Å². The zero-order valence-corrected chi connectivity index (χ0v) is 13.2. The summed E-state index contributed by atoms with van der Waals surface area (Å²) < 4.78 is 11.7. The molecule has 1 aromatic rings. The van der Waals surface area contributed by atoms with Crippen molar-refractivity contribution < 1.29 is 9.15 Å². The molecule has 20 heavy (non-hydrogen) atoms. The van der Waals surface area contributed by atoms with Crippen LogP contribution in [0.15, 0.2) is 16.7 Å². The normalized spacial score (nSPS) is 26.9. The quantitative estimate of drug-likeness (QED) is 0.762. The van der Waals surface area contributed by atoms with Crippen molar-refractivity contribution in [3.63, 3.8) is 0 Å². The maximum absolute atomic E-state index is 6.09. The van der Waals surface area contributed by atoms with Crippen LogP contribution in [0.1, 0.15) is 57.8 Å². The molecule has 0 aliphatic heterocycles. The van der Waals surface area contributed by atoms with Gasteiger partial charge >= 0.3 is 0 Å². The van der Waals surface area contributed by atoms with Crippen LogP contribution in [0.5, 0.6) is 0 Å². The van der Waals surface area contributed by atoms with Crippen LogP contribution in [0.4, 0.5) is 0 Å². The van der Waals surface area contributed by atoms with Gasteiger partial charge in [0.2, 0.25) is 0 Å². The van der Waals surface area contributed by atoms with Crippen molar-refractivity contribution in [3.8, 4) is 0 Å². The van der Waals surface area contributed by atoms with E-state index in [2.05, 4.69) is 26.1 Å². The fraction of sp³-hybridized carbons (Fsp3) is 0.765. The van der Waals surface area contributed by atoms with Gasteiger partial charge in [-0.15, -0.1) is 0 Å². The monoisotopic (exact) mass is 279 g/mol. The Morgan fingerprint density at radius 3 is 2.70 bits per heavy atom. The smallest absolute Gasteiger partial charge is 0.133 e. The summed E-state index contributed by atoms with van der Waals surface area (Å²) in [5, 5.41) is 3.41. The Bertz CT molecular complexity index is 378. The summed E-state index contributed by atoms with van der Waals surface area (Å²) in [7, 11) is 0. The molecular weight excluding hydrogens is 250 g/mol. The number of ether oxygens (including phenoxy) is 1. The Hall–Kier alpha value is -0.800. The van der Waals surface area contributed by atoms with Crippen LogP contribution in [-0.4, -0.2) is 12.6 Å². The van der Waals surface area contributed by atoms with Gasteiger partial charge in [0.15, 0.2) is 0 Å². The van der Waals surface area contributed by atoms with Gasteiger partial charge in [0.05, 0.1) is 12.4 Å². The van der Waals surface area contributed by atoms with Crippen molar-refractivity contribution in [2.75, 3.05) is 6.54 Å². The van der Waals surface area contributed by atoms with Crippen molar-refractivity contribution in [1.82, 2.24) is 5.32 Å². The molecule has 0 aromatic carbocycles. The van der Waals surface area contributed by atoms with Gasteiger partial charge < -0.3 is 14.5 Å². The Balaban J connectivity index is 1.80. The summed E-state index contributed by atoms with van der Waals surface area (Å²) in [6.07, 6.45) is 7.04. The topological polar surface area (TPSA) is 34.4 Å². The van der Waals surface area contributed by atoms with Crippen molar-refractivity contribution >= 4 is 0 Å². The van der Waals surface area contributed by atoms with Crippen molar-refractivity contribution in [2.45, 2.75) is 65.7 Å². The molecule has 3 heteroatoms. The third-order valence-electron chi connectivity index (χ3n) is 4.17. The van der Waals surface area contributed by atoms with E-state index < -0.39 is 0 Å². The molecule has 0 amide bonds. The summed E-state index contributed by atoms with van der Waals surface area (Å²) >= 11 is 0. The molecular formula is C17H29NO2. The Morgan fingerprint density at radius 2 is 2.00 bits per heavy atom. The molecule has 0 saturated heterocycles. The van der Waals surface area contributed by atoms with Gasteiger partial charge in [-0.2, -0.15) is 0 Å². The summed E-state index contributed by atoms with van der Waals surface area (Å²) in [4.78, 5) is 0. The predicted molar refractivity (Wildman–Crippen MR) is 81.5 cm³/mol. The zero-order valence-electron chi connectivity index (χ0n) is 13.2. The fourth-order valence-corrected chi connectivity index (χ4v) is 3.25. The lowest BCUT2D eigenvalue weighted by Gasteiger charge is -2.31. The highest BCUT2D eigenvalue weighted by Gasteiger charge is 2.24. The van der Waals surface area contributed by atoms with Crippen LogP contribution >= 0.6 is 0 Å². The molecule has 2 atom stereocenters. The maximum Gasteiger partial charge on any atom is 0.133 e. The molecule has 1 saturated carbocycles. The molecule has 2 rings (SSSR count). The number of furan rings is 1. The largest absolute Gasteiger partial charge is 0.467 e. The first-order chi connectivity index (χ1) is 9.69. The SMILES string of the molecule is CCCNCc1ccoc1COC1CC(C)CC(C)C1. The molecule has 1 aliphatic carbocycles. The molecule has 1 aliphatic rings. The van der Waals surface area contributed by atoms with Crippen LogP contribution in [-0.2, 0) is 17.9 Å². The average molecular weight is 279 g/mol. The second-order valence-corrected chi connectivity index (χ2v) is 6.40. The van der Waals surface area contributed by atoms with E-state index in [-0.39, 0.29) is 0 Å². The molecule has 1 aromatic heterocycles. The summed E-state index contributed by atoms with van der Waals surface area (Å²) in [5.74, 6) is 2.55. The second kappa shape index (κ2) is 7.84. The number of hydrogen-bond donors (Lipinski definition) is 1. The van der Waals surface area contributed by atoms with Gasteiger partial charge in [0, 0.05) is 12.1 Å². The van der Waals surface area contributed by atoms with Crippen LogP contribution in [0.25, 0.3) is 0 Å². The van der Waals surface area contributed by atoms with E-state index in [4.69, 9.17) is 9.15 Å². The molecule has 114 valence electrons. The lowest BCUT2D eigenvalue weighted by Crippen LogP contribution is -2.26. The summed E-state index contributed by atoms with van der Waals surface area (Å²) in [6.45, 7) is 9.37. The van der Waals surface area contributed by atoms with Crippen LogP contribution < -0.4 is 5.32 Å². The highest BCUT2D eigenvalue weighted by molar-refractivity contribution is 5.16. The summed E-state index contributed by atoms with van der Waals surface area (Å²) in [6, 6.07) is 2.05. The number of rotatable bonds is 7. The van der Waals surface area contributed by atoms with E-state index in [1.807, 2.05) is 6.07 Å². The molecule has 1 fully saturated rings. The van der Waals surface area contributed by atoms with E-state index in [9.17, 15) is 0 Å². The van der Waals surface area contributed by atoms with E-state index in [1.54, 1.807) is 6.26 Å². The first kappa shape index (κ1) is 15.6. The third kappa shape index (κ3) is 4.64. The number of nitrogens with one attached hydrogen (secondary N) is 1. The molecule has 0 bridgehead atoms. The van der Waals surface area contributed by atoms with E-state index in [0.29, 0.717) is 12.7 Å². The van der Waals surface area contributed by atoms with E-state index >= 15 is 0 Å². The Kier molecular flexibility index (Phi) is 6.11. The lowest BCUT2D eigenvalue weighted by atomic mass is 9.82. The molecule has 1 heterocycles. The average Bonchev–Trinajstić information content (AvgIpc) is 2.83. The predicted octanol–water partition coefficient (Wildman–Crippen LogP) is 4.12. The van der Waals surface area contributed by atoms with E-state index in [0.717, 1.165) is 37.1 Å². The van der Waals surface area contributed by atoms with E-state index in [1.165, 1.54) is 24.8 Å². The van der Waals surface area contributed by atoms with Crippen molar-refractivity contribution in [3.05, 3.63) is 23.7 Å². The van der Waals surface area contributed by atoms with Gasteiger partial charge in [-0.3, -0.25) is 0 Å². The Morgan fingerprint density at radius 1 is 1.25 bits per heavy atom. The van der Waals surface area contributed by atoms with Gasteiger partial charge in [-0.1, -0.05) is 20.8 Å². The molecule has 2 unspecified atom stereocenters. The second-order valence-electron chi connectivity index (χ2n) is 6.40. The highest BCUT2D eigenvalue weighted by Crippen LogP contribution is 2.31. The minimum Gasteiger partial charge on any atom is -0.467 e. The summed E-state index contributed by atoms with van der Waals surface area (Å²) in [5.41, 5.74) is 1.23. The molecule has 0 radical (unpaired) electrons. The number of hydrogen-bond acceptors (Lipinski definition) is 3. The van der Waals surface area contributed by atoms with Crippen molar-refractivity contribution in [1.29, 1.82) is 0 Å². The van der Waals surface area contributed by atoms with Crippen LogP contribution in [0.3, 0.4) is 0 Å². The standard InChI is InChI=1S/C17H29NO2/c1-4-6-18-11-15-5-7-19-17(15)12-20-16-9-13(2)8-14(3)10-16/h5,7,13-14,16,18H,4,6,8-12H2,1-3H3. The third-order valence-corrected chi connectivity index (χ3v) is 4.17. The molecule has 1 N–H and O–H groups in total. The van der Waals surface area contributed by atoms with Gasteiger partial charge in [0.1, 0.15) is 12.4 Å². The fourth-order valence-electron chi connectivity index (χ4n) is 3.25.